The molecule has 0 fully saturated rings. The summed E-state index contributed by atoms with van der Waals surface area (Å²) >= 11 is 3.29. The fourth-order valence-electron chi connectivity index (χ4n) is 1.99. The van der Waals surface area contributed by atoms with E-state index in [-0.39, 0.29) is 5.60 Å². The molecule has 22 heavy (non-hydrogen) atoms. The van der Waals surface area contributed by atoms with E-state index in [0.717, 1.165) is 23.5 Å². The van der Waals surface area contributed by atoms with Gasteiger partial charge in [-0.3, -0.25) is 0 Å². The van der Waals surface area contributed by atoms with Gasteiger partial charge in [-0.25, -0.2) is 0 Å². The Labute approximate surface area is 140 Å². The minimum atomic E-state index is -0.194. The van der Waals surface area contributed by atoms with Gasteiger partial charge in [-0.2, -0.15) is 0 Å². The van der Waals surface area contributed by atoms with E-state index in [4.69, 9.17) is 9.47 Å². The molecular formula is C19H21BrO2. The van der Waals surface area contributed by atoms with Crippen molar-refractivity contribution < 1.29 is 9.47 Å². The van der Waals surface area contributed by atoms with Crippen LogP contribution < -0.4 is 4.74 Å². The van der Waals surface area contributed by atoms with Crippen molar-refractivity contribution in [3.05, 3.63) is 71.2 Å². The summed E-state index contributed by atoms with van der Waals surface area (Å²) in [6.07, 6.45) is 2.91. The molecule has 0 bridgehead atoms. The van der Waals surface area contributed by atoms with Gasteiger partial charge in [-0.1, -0.05) is 52.3 Å². The third kappa shape index (κ3) is 5.66. The van der Waals surface area contributed by atoms with Gasteiger partial charge in [0.2, 0.25) is 0 Å². The SMILES string of the molecule is CC(C)(CC=CBr)OCc1cccc(Oc2ccccc2)c1. The number of halogens is 1. The number of rotatable bonds is 7. The molecule has 0 aliphatic heterocycles. The molecule has 2 rings (SSSR count). The predicted octanol–water partition coefficient (Wildman–Crippen LogP) is 6.07. The third-order valence-electron chi connectivity index (χ3n) is 3.21. The Bertz CT molecular complexity index is 606. The fraction of sp³-hybridized carbons (Fsp3) is 0.263. The molecule has 2 aromatic rings. The van der Waals surface area contributed by atoms with Gasteiger partial charge in [0.15, 0.2) is 0 Å². The number of para-hydroxylation sites is 1. The molecule has 0 radical (unpaired) electrons. The number of hydrogen-bond donors (Lipinski definition) is 0. The van der Waals surface area contributed by atoms with Crippen molar-refractivity contribution in [2.45, 2.75) is 32.5 Å². The van der Waals surface area contributed by atoms with E-state index in [0.29, 0.717) is 6.61 Å². The molecule has 0 aromatic heterocycles. The van der Waals surface area contributed by atoms with Gasteiger partial charge in [0.1, 0.15) is 11.5 Å². The van der Waals surface area contributed by atoms with E-state index < -0.39 is 0 Å². The number of ether oxygens (including phenoxy) is 2. The second-order valence-electron chi connectivity index (χ2n) is 5.68. The highest BCUT2D eigenvalue weighted by molar-refractivity contribution is 9.11. The van der Waals surface area contributed by atoms with Crippen molar-refractivity contribution in [2.75, 3.05) is 0 Å². The maximum absolute atomic E-state index is 6.00. The summed E-state index contributed by atoms with van der Waals surface area (Å²) in [5.74, 6) is 1.66. The minimum Gasteiger partial charge on any atom is -0.457 e. The molecule has 0 N–H and O–H groups in total. The standard InChI is InChI=1S/C19H21BrO2/c1-19(2,12-7-13-20)21-15-16-8-6-11-18(14-16)22-17-9-4-3-5-10-17/h3-11,13-14H,12,15H2,1-2H3. The van der Waals surface area contributed by atoms with Crippen LogP contribution in [0.15, 0.2) is 65.7 Å². The highest BCUT2D eigenvalue weighted by atomic mass is 79.9. The van der Waals surface area contributed by atoms with E-state index in [1.54, 1.807) is 0 Å². The first-order chi connectivity index (χ1) is 10.6. The van der Waals surface area contributed by atoms with Crippen LogP contribution in [0.5, 0.6) is 11.5 Å². The largest absolute Gasteiger partial charge is 0.457 e. The predicted molar refractivity (Wildman–Crippen MR) is 94.5 cm³/mol. The van der Waals surface area contributed by atoms with Crippen LogP contribution in [-0.4, -0.2) is 5.60 Å². The molecule has 0 aliphatic rings. The van der Waals surface area contributed by atoms with Crippen molar-refractivity contribution in [2.24, 2.45) is 0 Å². The first-order valence-corrected chi connectivity index (χ1v) is 8.22. The molecule has 0 unspecified atom stereocenters. The van der Waals surface area contributed by atoms with Crippen molar-refractivity contribution in [3.8, 4) is 11.5 Å². The van der Waals surface area contributed by atoms with Gasteiger partial charge in [-0.05, 0) is 55.1 Å². The average Bonchev–Trinajstić information content (AvgIpc) is 2.53. The second kappa shape index (κ2) is 8.16. The van der Waals surface area contributed by atoms with Gasteiger partial charge < -0.3 is 9.47 Å². The number of hydrogen-bond acceptors (Lipinski definition) is 2. The summed E-state index contributed by atoms with van der Waals surface area (Å²) in [5, 5.41) is 0. The first kappa shape index (κ1) is 16.8. The zero-order chi connectivity index (χ0) is 15.8. The van der Waals surface area contributed by atoms with Crippen LogP contribution in [0.25, 0.3) is 0 Å². The second-order valence-corrected chi connectivity index (χ2v) is 6.21. The van der Waals surface area contributed by atoms with E-state index in [2.05, 4.69) is 35.9 Å². The van der Waals surface area contributed by atoms with Crippen molar-refractivity contribution in [1.82, 2.24) is 0 Å². The lowest BCUT2D eigenvalue weighted by Gasteiger charge is -2.24. The fourth-order valence-corrected chi connectivity index (χ4v) is 2.18. The van der Waals surface area contributed by atoms with Gasteiger partial charge >= 0.3 is 0 Å². The molecule has 0 saturated heterocycles. The molecule has 0 spiro atoms. The summed E-state index contributed by atoms with van der Waals surface area (Å²) in [4.78, 5) is 1.87. The van der Waals surface area contributed by atoms with Gasteiger partial charge in [0, 0.05) is 0 Å². The van der Waals surface area contributed by atoms with Crippen LogP contribution in [0.3, 0.4) is 0 Å². The summed E-state index contributed by atoms with van der Waals surface area (Å²) < 4.78 is 11.8. The maximum atomic E-state index is 6.00. The Morgan fingerprint density at radius 2 is 1.73 bits per heavy atom. The molecule has 2 aromatic carbocycles. The molecule has 0 saturated carbocycles. The van der Waals surface area contributed by atoms with Gasteiger partial charge in [0.25, 0.3) is 0 Å². The molecule has 0 amide bonds. The molecular weight excluding hydrogens is 340 g/mol. The van der Waals surface area contributed by atoms with Gasteiger partial charge in [-0.15, -0.1) is 0 Å². The van der Waals surface area contributed by atoms with Crippen molar-refractivity contribution >= 4 is 15.9 Å². The quantitative estimate of drug-likeness (QED) is 0.596. The van der Waals surface area contributed by atoms with Crippen molar-refractivity contribution in [3.63, 3.8) is 0 Å². The average molecular weight is 361 g/mol. The lowest BCUT2D eigenvalue weighted by molar-refractivity contribution is -0.0268. The third-order valence-corrected chi connectivity index (χ3v) is 3.58. The Hall–Kier alpha value is -1.58. The highest BCUT2D eigenvalue weighted by Gasteiger charge is 2.16. The van der Waals surface area contributed by atoms with Crippen LogP contribution in [0.2, 0.25) is 0 Å². The molecule has 0 aliphatic carbocycles. The van der Waals surface area contributed by atoms with Crippen LogP contribution in [0.4, 0.5) is 0 Å². The highest BCUT2D eigenvalue weighted by Crippen LogP contribution is 2.24. The molecule has 2 nitrogen and oxygen atoms in total. The zero-order valence-electron chi connectivity index (χ0n) is 13.0. The Kier molecular flexibility index (Phi) is 6.22. The molecule has 0 heterocycles. The Morgan fingerprint density at radius 1 is 1.00 bits per heavy atom. The molecule has 0 atom stereocenters. The normalized spacial score (nSPS) is 11.8. The minimum absolute atomic E-state index is 0.194. The zero-order valence-corrected chi connectivity index (χ0v) is 14.5. The lowest BCUT2D eigenvalue weighted by Crippen LogP contribution is -2.23. The van der Waals surface area contributed by atoms with E-state index in [1.807, 2.05) is 59.6 Å². The summed E-state index contributed by atoms with van der Waals surface area (Å²) in [6, 6.07) is 17.8. The van der Waals surface area contributed by atoms with E-state index in [9.17, 15) is 0 Å². The topological polar surface area (TPSA) is 18.5 Å². The van der Waals surface area contributed by atoms with Crippen LogP contribution in [0, 0.1) is 0 Å². The lowest BCUT2D eigenvalue weighted by atomic mass is 10.1. The number of benzene rings is 2. The van der Waals surface area contributed by atoms with Crippen LogP contribution in [0.1, 0.15) is 25.8 Å². The summed E-state index contributed by atoms with van der Waals surface area (Å²) in [5.41, 5.74) is 0.907. The summed E-state index contributed by atoms with van der Waals surface area (Å²) in [7, 11) is 0. The summed E-state index contributed by atoms with van der Waals surface area (Å²) in [6.45, 7) is 4.74. The Morgan fingerprint density at radius 3 is 2.45 bits per heavy atom. The van der Waals surface area contributed by atoms with E-state index >= 15 is 0 Å². The first-order valence-electron chi connectivity index (χ1n) is 7.30. The molecule has 3 heteroatoms. The maximum Gasteiger partial charge on any atom is 0.127 e. The smallest absolute Gasteiger partial charge is 0.127 e. The monoisotopic (exact) mass is 360 g/mol. The Balaban J connectivity index is 1.97. The van der Waals surface area contributed by atoms with Gasteiger partial charge in [0.05, 0.1) is 12.2 Å². The van der Waals surface area contributed by atoms with Crippen molar-refractivity contribution in [1.29, 1.82) is 0 Å². The van der Waals surface area contributed by atoms with E-state index in [1.165, 1.54) is 0 Å². The van der Waals surface area contributed by atoms with Crippen LogP contribution >= 0.6 is 15.9 Å². The van der Waals surface area contributed by atoms with Crippen LogP contribution in [-0.2, 0) is 11.3 Å². The molecule has 116 valence electrons.